The zero-order valence-corrected chi connectivity index (χ0v) is 11.7. The van der Waals surface area contributed by atoms with Gasteiger partial charge >= 0.3 is 5.97 Å². The number of unbranched alkanes of at least 4 members (excludes halogenated alkanes) is 1. The molecule has 1 aliphatic rings. The van der Waals surface area contributed by atoms with E-state index in [1.54, 1.807) is 0 Å². The first-order valence-electron chi connectivity index (χ1n) is 7.09. The van der Waals surface area contributed by atoms with Gasteiger partial charge in [0, 0.05) is 18.2 Å². The van der Waals surface area contributed by atoms with Crippen molar-refractivity contribution >= 4 is 11.7 Å². The van der Waals surface area contributed by atoms with E-state index < -0.39 is 12.0 Å². The lowest BCUT2D eigenvalue weighted by molar-refractivity contribution is -0.138. The SMILES string of the molecule is CCCCC(Nc1ccc2c(c1)OCCCO2)C(=O)O. The molecule has 0 spiro atoms. The smallest absolute Gasteiger partial charge is 0.326 e. The monoisotopic (exact) mass is 279 g/mol. The standard InChI is InChI=1S/C15H21NO4/c1-2-3-5-12(15(17)18)16-11-6-7-13-14(10-11)20-9-4-8-19-13/h6-7,10,12,16H,2-5,8-9H2,1H3,(H,17,18). The molecule has 5 nitrogen and oxygen atoms in total. The van der Waals surface area contributed by atoms with Gasteiger partial charge in [0.15, 0.2) is 11.5 Å². The van der Waals surface area contributed by atoms with Crippen LogP contribution in [0.5, 0.6) is 11.5 Å². The van der Waals surface area contributed by atoms with Crippen LogP contribution in [0.25, 0.3) is 0 Å². The molecule has 1 heterocycles. The summed E-state index contributed by atoms with van der Waals surface area (Å²) in [4.78, 5) is 11.2. The molecule has 2 rings (SSSR count). The Hall–Kier alpha value is -1.91. The predicted octanol–water partition coefficient (Wildman–Crippen LogP) is 2.90. The first kappa shape index (κ1) is 14.5. The lowest BCUT2D eigenvalue weighted by Crippen LogP contribution is -2.29. The first-order chi connectivity index (χ1) is 9.70. The number of hydrogen-bond donors (Lipinski definition) is 2. The second-order valence-electron chi connectivity index (χ2n) is 4.89. The Morgan fingerprint density at radius 2 is 2.10 bits per heavy atom. The van der Waals surface area contributed by atoms with Crippen LogP contribution in [-0.2, 0) is 4.79 Å². The third-order valence-electron chi connectivity index (χ3n) is 3.23. The van der Waals surface area contributed by atoms with Crippen LogP contribution >= 0.6 is 0 Å². The van der Waals surface area contributed by atoms with Crippen molar-refractivity contribution in [3.8, 4) is 11.5 Å². The molecule has 110 valence electrons. The average molecular weight is 279 g/mol. The van der Waals surface area contributed by atoms with E-state index in [1.165, 1.54) is 0 Å². The van der Waals surface area contributed by atoms with Crippen molar-refractivity contribution in [2.24, 2.45) is 0 Å². The van der Waals surface area contributed by atoms with E-state index in [1.807, 2.05) is 25.1 Å². The minimum absolute atomic E-state index is 0.570. The highest BCUT2D eigenvalue weighted by Gasteiger charge is 2.18. The number of carboxylic acids is 1. The largest absolute Gasteiger partial charge is 0.490 e. The van der Waals surface area contributed by atoms with E-state index in [0.29, 0.717) is 31.1 Å². The van der Waals surface area contributed by atoms with Crippen molar-refractivity contribution in [1.29, 1.82) is 0 Å². The van der Waals surface area contributed by atoms with Crippen LogP contribution in [0.4, 0.5) is 5.69 Å². The maximum absolute atomic E-state index is 11.2. The van der Waals surface area contributed by atoms with Gasteiger partial charge in [-0.1, -0.05) is 19.8 Å². The number of carboxylic acid groups (broad SMARTS) is 1. The fourth-order valence-electron chi connectivity index (χ4n) is 2.12. The van der Waals surface area contributed by atoms with Gasteiger partial charge < -0.3 is 19.9 Å². The Bertz CT molecular complexity index is 461. The number of fused-ring (bicyclic) bond motifs is 1. The lowest BCUT2D eigenvalue weighted by Gasteiger charge is -2.16. The highest BCUT2D eigenvalue weighted by molar-refractivity contribution is 5.77. The van der Waals surface area contributed by atoms with Crippen LogP contribution < -0.4 is 14.8 Å². The van der Waals surface area contributed by atoms with Crippen molar-refractivity contribution in [2.75, 3.05) is 18.5 Å². The van der Waals surface area contributed by atoms with Crippen molar-refractivity contribution in [3.05, 3.63) is 18.2 Å². The van der Waals surface area contributed by atoms with Crippen LogP contribution in [0.15, 0.2) is 18.2 Å². The first-order valence-corrected chi connectivity index (χ1v) is 7.09. The minimum Gasteiger partial charge on any atom is -0.490 e. The fourth-order valence-corrected chi connectivity index (χ4v) is 2.12. The van der Waals surface area contributed by atoms with Gasteiger partial charge in [-0.3, -0.25) is 0 Å². The second-order valence-corrected chi connectivity index (χ2v) is 4.89. The summed E-state index contributed by atoms with van der Waals surface area (Å²) in [5.74, 6) is 0.561. The molecule has 0 aromatic heterocycles. The quantitative estimate of drug-likeness (QED) is 0.838. The number of ether oxygens (including phenoxy) is 2. The summed E-state index contributed by atoms with van der Waals surface area (Å²) in [6.07, 6.45) is 3.33. The van der Waals surface area contributed by atoms with Crippen molar-refractivity contribution in [2.45, 2.75) is 38.6 Å². The summed E-state index contributed by atoms with van der Waals surface area (Å²) in [6.45, 7) is 3.31. The molecule has 0 amide bonds. The van der Waals surface area contributed by atoms with Crippen LogP contribution in [0.3, 0.4) is 0 Å². The number of anilines is 1. The zero-order valence-electron chi connectivity index (χ0n) is 11.7. The molecule has 0 fully saturated rings. The molecule has 1 atom stereocenters. The Morgan fingerprint density at radius 1 is 1.35 bits per heavy atom. The molecule has 0 saturated heterocycles. The Labute approximate surface area is 118 Å². The second kappa shape index (κ2) is 7.03. The van der Waals surface area contributed by atoms with Gasteiger partial charge in [-0.2, -0.15) is 0 Å². The number of hydrogen-bond acceptors (Lipinski definition) is 4. The lowest BCUT2D eigenvalue weighted by atomic mass is 10.1. The summed E-state index contributed by atoms with van der Waals surface area (Å²) in [6, 6.07) is 4.89. The van der Waals surface area contributed by atoms with Crippen LogP contribution in [0, 0.1) is 0 Å². The third kappa shape index (κ3) is 3.79. The molecular formula is C15H21NO4. The normalized spacial score (nSPS) is 15.2. The van der Waals surface area contributed by atoms with Gasteiger partial charge in [0.1, 0.15) is 6.04 Å². The van der Waals surface area contributed by atoms with Gasteiger partial charge in [0.05, 0.1) is 13.2 Å². The molecule has 1 aromatic rings. The maximum Gasteiger partial charge on any atom is 0.326 e. The molecule has 2 N–H and O–H groups in total. The Balaban J connectivity index is 2.08. The molecule has 0 aliphatic carbocycles. The number of carbonyl (C=O) groups is 1. The Kier molecular flexibility index (Phi) is 5.09. The highest BCUT2D eigenvalue weighted by atomic mass is 16.5. The van der Waals surface area contributed by atoms with Crippen molar-refractivity contribution in [1.82, 2.24) is 0 Å². The molecule has 1 aliphatic heterocycles. The van der Waals surface area contributed by atoms with Crippen molar-refractivity contribution < 1.29 is 19.4 Å². The van der Waals surface area contributed by atoms with Gasteiger partial charge in [0.2, 0.25) is 0 Å². The van der Waals surface area contributed by atoms with E-state index in [0.717, 1.165) is 24.9 Å². The zero-order chi connectivity index (χ0) is 14.4. The number of nitrogens with one attached hydrogen (secondary N) is 1. The van der Waals surface area contributed by atoms with Crippen LogP contribution in [-0.4, -0.2) is 30.3 Å². The van der Waals surface area contributed by atoms with Gasteiger partial charge in [-0.05, 0) is 18.6 Å². The van der Waals surface area contributed by atoms with Crippen molar-refractivity contribution in [3.63, 3.8) is 0 Å². The molecule has 0 radical (unpaired) electrons. The molecule has 1 aromatic carbocycles. The van der Waals surface area contributed by atoms with E-state index in [-0.39, 0.29) is 0 Å². The highest BCUT2D eigenvalue weighted by Crippen LogP contribution is 2.32. The molecule has 0 bridgehead atoms. The summed E-state index contributed by atoms with van der Waals surface area (Å²) in [5.41, 5.74) is 0.748. The number of aliphatic carboxylic acids is 1. The third-order valence-corrected chi connectivity index (χ3v) is 3.23. The van der Waals surface area contributed by atoms with E-state index in [4.69, 9.17) is 9.47 Å². The number of benzene rings is 1. The average Bonchev–Trinajstić information content (AvgIpc) is 2.67. The molecule has 20 heavy (non-hydrogen) atoms. The topological polar surface area (TPSA) is 67.8 Å². The molecular weight excluding hydrogens is 258 g/mol. The molecule has 1 unspecified atom stereocenters. The minimum atomic E-state index is -0.828. The Morgan fingerprint density at radius 3 is 2.80 bits per heavy atom. The van der Waals surface area contributed by atoms with E-state index in [2.05, 4.69) is 5.32 Å². The maximum atomic E-state index is 11.2. The van der Waals surface area contributed by atoms with Gasteiger partial charge in [0.25, 0.3) is 0 Å². The van der Waals surface area contributed by atoms with E-state index >= 15 is 0 Å². The number of rotatable bonds is 6. The summed E-state index contributed by atoms with van der Waals surface area (Å²) in [5, 5.41) is 12.3. The summed E-state index contributed by atoms with van der Waals surface area (Å²) >= 11 is 0. The predicted molar refractivity (Wildman–Crippen MR) is 76.6 cm³/mol. The van der Waals surface area contributed by atoms with E-state index in [9.17, 15) is 9.90 Å². The van der Waals surface area contributed by atoms with Crippen LogP contribution in [0.1, 0.15) is 32.6 Å². The summed E-state index contributed by atoms with van der Waals surface area (Å²) < 4.78 is 11.2. The van der Waals surface area contributed by atoms with Gasteiger partial charge in [-0.15, -0.1) is 0 Å². The van der Waals surface area contributed by atoms with Gasteiger partial charge in [-0.25, -0.2) is 4.79 Å². The molecule has 5 heteroatoms. The summed E-state index contributed by atoms with van der Waals surface area (Å²) in [7, 11) is 0. The fraction of sp³-hybridized carbons (Fsp3) is 0.533. The van der Waals surface area contributed by atoms with Crippen LogP contribution in [0.2, 0.25) is 0 Å². The molecule has 0 saturated carbocycles.